The first kappa shape index (κ1) is 12.4. The molecule has 0 aliphatic carbocycles. The maximum atomic E-state index is 13.2. The molecule has 0 saturated heterocycles. The van der Waals surface area contributed by atoms with Crippen LogP contribution in [-0.4, -0.2) is 16.6 Å². The number of nitrogens with zero attached hydrogens (tertiary/aromatic N) is 2. The van der Waals surface area contributed by atoms with E-state index in [9.17, 15) is 9.50 Å². The molecule has 18 heavy (non-hydrogen) atoms. The number of rotatable bonds is 4. The zero-order valence-corrected chi connectivity index (χ0v) is 10.2. The Morgan fingerprint density at radius 1 is 1.28 bits per heavy atom. The van der Waals surface area contributed by atoms with Crippen molar-refractivity contribution in [3.63, 3.8) is 0 Å². The van der Waals surface area contributed by atoms with Crippen molar-refractivity contribution < 1.29 is 9.50 Å². The Balaban J connectivity index is 2.17. The normalized spacial score (nSPS) is 10.3. The summed E-state index contributed by atoms with van der Waals surface area (Å²) in [5.41, 5.74) is 1.66. The van der Waals surface area contributed by atoms with Gasteiger partial charge in [0.1, 0.15) is 11.6 Å². The molecule has 0 aliphatic rings. The minimum absolute atomic E-state index is 0.146. The molecule has 94 valence electrons. The number of anilines is 1. The molecule has 0 saturated carbocycles. The average molecular weight is 246 g/mol. The van der Waals surface area contributed by atoms with E-state index in [4.69, 9.17) is 0 Å². The molecule has 4 heteroatoms. The quantitative estimate of drug-likeness (QED) is 0.901. The average Bonchev–Trinajstić information content (AvgIpc) is 2.38. The highest BCUT2D eigenvalue weighted by molar-refractivity contribution is 5.46. The van der Waals surface area contributed by atoms with Crippen molar-refractivity contribution in [3.8, 4) is 5.75 Å². The van der Waals surface area contributed by atoms with Crippen LogP contribution >= 0.6 is 0 Å². The predicted molar refractivity (Wildman–Crippen MR) is 69.0 cm³/mol. The summed E-state index contributed by atoms with van der Waals surface area (Å²) in [7, 11) is 0. The van der Waals surface area contributed by atoms with Crippen molar-refractivity contribution in [1.29, 1.82) is 0 Å². The molecule has 2 aromatic rings. The lowest BCUT2D eigenvalue weighted by Gasteiger charge is -2.22. The number of aromatic nitrogens is 1. The van der Waals surface area contributed by atoms with Gasteiger partial charge in [0.15, 0.2) is 0 Å². The standard InChI is InChI=1S/C14H15FN2O/c1-2-17(13-5-3-4-11(15)8-13)10-12-6-7-14(18)9-16-12/h3-9,18H,2,10H2,1H3. The van der Waals surface area contributed by atoms with Gasteiger partial charge in [0.05, 0.1) is 18.4 Å². The van der Waals surface area contributed by atoms with Gasteiger partial charge in [-0.05, 0) is 37.3 Å². The molecule has 0 spiro atoms. The van der Waals surface area contributed by atoms with Gasteiger partial charge in [0.25, 0.3) is 0 Å². The molecular weight excluding hydrogens is 231 g/mol. The van der Waals surface area contributed by atoms with Crippen molar-refractivity contribution >= 4 is 5.69 Å². The fourth-order valence-corrected chi connectivity index (χ4v) is 1.76. The number of aromatic hydroxyl groups is 1. The largest absolute Gasteiger partial charge is 0.506 e. The summed E-state index contributed by atoms with van der Waals surface area (Å²) in [4.78, 5) is 6.14. The Labute approximate surface area is 106 Å². The summed E-state index contributed by atoms with van der Waals surface area (Å²) in [5, 5.41) is 9.18. The first-order valence-electron chi connectivity index (χ1n) is 5.83. The van der Waals surface area contributed by atoms with Crippen LogP contribution in [-0.2, 0) is 6.54 Å². The van der Waals surface area contributed by atoms with Crippen LogP contribution in [0.15, 0.2) is 42.6 Å². The second-order valence-corrected chi connectivity index (χ2v) is 4.00. The molecule has 0 radical (unpaired) electrons. The lowest BCUT2D eigenvalue weighted by Crippen LogP contribution is -2.22. The second kappa shape index (κ2) is 5.49. The predicted octanol–water partition coefficient (Wildman–Crippen LogP) is 2.95. The van der Waals surface area contributed by atoms with E-state index in [-0.39, 0.29) is 11.6 Å². The van der Waals surface area contributed by atoms with E-state index in [0.29, 0.717) is 6.54 Å². The summed E-state index contributed by atoms with van der Waals surface area (Å²) in [6.07, 6.45) is 1.41. The molecule has 0 amide bonds. The zero-order chi connectivity index (χ0) is 13.0. The number of hydrogen-bond acceptors (Lipinski definition) is 3. The monoisotopic (exact) mass is 246 g/mol. The summed E-state index contributed by atoms with van der Waals surface area (Å²) in [6, 6.07) is 9.85. The molecule has 0 bridgehead atoms. The molecular formula is C14H15FN2O. The molecule has 0 unspecified atom stereocenters. The number of halogens is 1. The van der Waals surface area contributed by atoms with Gasteiger partial charge in [0.2, 0.25) is 0 Å². The van der Waals surface area contributed by atoms with Crippen molar-refractivity contribution in [2.75, 3.05) is 11.4 Å². The Kier molecular flexibility index (Phi) is 3.77. The molecule has 3 nitrogen and oxygen atoms in total. The van der Waals surface area contributed by atoms with Gasteiger partial charge >= 0.3 is 0 Å². The van der Waals surface area contributed by atoms with Crippen molar-refractivity contribution in [3.05, 3.63) is 54.1 Å². The van der Waals surface area contributed by atoms with E-state index in [2.05, 4.69) is 4.98 Å². The number of pyridine rings is 1. The lowest BCUT2D eigenvalue weighted by molar-refractivity contribution is 0.472. The molecule has 1 aromatic heterocycles. The smallest absolute Gasteiger partial charge is 0.133 e. The maximum Gasteiger partial charge on any atom is 0.133 e. The summed E-state index contributed by atoms with van der Waals surface area (Å²) in [5.74, 6) is -0.0998. The SMILES string of the molecule is CCN(Cc1ccc(O)cn1)c1cccc(F)c1. The van der Waals surface area contributed by atoms with Gasteiger partial charge in [-0.25, -0.2) is 4.39 Å². The van der Waals surface area contributed by atoms with E-state index >= 15 is 0 Å². The Hall–Kier alpha value is -2.10. The van der Waals surface area contributed by atoms with Crippen LogP contribution in [0.1, 0.15) is 12.6 Å². The first-order valence-corrected chi connectivity index (χ1v) is 5.83. The van der Waals surface area contributed by atoms with Crippen LogP contribution in [0, 0.1) is 5.82 Å². The van der Waals surface area contributed by atoms with E-state index < -0.39 is 0 Å². The Bertz CT molecular complexity index is 513. The summed E-state index contributed by atoms with van der Waals surface area (Å²) in [6.45, 7) is 3.34. The molecule has 0 atom stereocenters. The van der Waals surface area contributed by atoms with Gasteiger partial charge < -0.3 is 10.0 Å². The number of benzene rings is 1. The summed E-state index contributed by atoms with van der Waals surface area (Å²) < 4.78 is 13.2. The van der Waals surface area contributed by atoms with Crippen molar-refractivity contribution in [2.24, 2.45) is 0 Å². The molecule has 0 aliphatic heterocycles. The van der Waals surface area contributed by atoms with Crippen LogP contribution in [0.5, 0.6) is 5.75 Å². The Morgan fingerprint density at radius 3 is 2.72 bits per heavy atom. The molecule has 0 fully saturated rings. The molecule has 1 heterocycles. The molecule has 1 aromatic carbocycles. The second-order valence-electron chi connectivity index (χ2n) is 4.00. The van der Waals surface area contributed by atoms with Gasteiger partial charge in [0, 0.05) is 12.2 Å². The highest BCUT2D eigenvalue weighted by Crippen LogP contribution is 2.18. The van der Waals surface area contributed by atoms with E-state index in [1.165, 1.54) is 18.3 Å². The Morgan fingerprint density at radius 2 is 2.11 bits per heavy atom. The van der Waals surface area contributed by atoms with Crippen LogP contribution in [0.25, 0.3) is 0 Å². The van der Waals surface area contributed by atoms with Crippen LogP contribution in [0.3, 0.4) is 0 Å². The minimum Gasteiger partial charge on any atom is -0.506 e. The van der Waals surface area contributed by atoms with Gasteiger partial charge in [-0.1, -0.05) is 6.07 Å². The number of hydrogen-bond donors (Lipinski definition) is 1. The lowest BCUT2D eigenvalue weighted by atomic mass is 10.2. The van der Waals surface area contributed by atoms with Gasteiger partial charge in [-0.2, -0.15) is 0 Å². The fourth-order valence-electron chi connectivity index (χ4n) is 1.76. The van der Waals surface area contributed by atoms with E-state index in [1.54, 1.807) is 18.2 Å². The first-order chi connectivity index (χ1) is 8.69. The summed E-state index contributed by atoms with van der Waals surface area (Å²) >= 11 is 0. The third-order valence-corrected chi connectivity index (χ3v) is 2.72. The maximum absolute atomic E-state index is 13.2. The van der Waals surface area contributed by atoms with Crippen molar-refractivity contribution in [2.45, 2.75) is 13.5 Å². The van der Waals surface area contributed by atoms with Gasteiger partial charge in [-0.15, -0.1) is 0 Å². The van der Waals surface area contributed by atoms with E-state index in [1.807, 2.05) is 17.9 Å². The highest BCUT2D eigenvalue weighted by Gasteiger charge is 2.07. The molecule has 2 rings (SSSR count). The van der Waals surface area contributed by atoms with E-state index in [0.717, 1.165) is 17.9 Å². The fraction of sp³-hybridized carbons (Fsp3) is 0.214. The highest BCUT2D eigenvalue weighted by atomic mass is 19.1. The molecule has 1 N–H and O–H groups in total. The van der Waals surface area contributed by atoms with Crippen molar-refractivity contribution in [1.82, 2.24) is 4.98 Å². The van der Waals surface area contributed by atoms with Crippen LogP contribution in [0.2, 0.25) is 0 Å². The minimum atomic E-state index is -0.246. The van der Waals surface area contributed by atoms with Crippen LogP contribution < -0.4 is 4.90 Å². The van der Waals surface area contributed by atoms with Gasteiger partial charge in [-0.3, -0.25) is 4.98 Å². The zero-order valence-electron chi connectivity index (χ0n) is 10.2. The third-order valence-electron chi connectivity index (χ3n) is 2.72. The topological polar surface area (TPSA) is 36.4 Å². The third kappa shape index (κ3) is 2.97. The van der Waals surface area contributed by atoms with Crippen LogP contribution in [0.4, 0.5) is 10.1 Å².